The molecular formula is C22H15NO3S. The van der Waals surface area contributed by atoms with Gasteiger partial charge in [0.15, 0.2) is 0 Å². The molecule has 1 amide bonds. The number of carboxylic acid groups (broad SMARTS) is 1. The number of hydrogen-bond acceptors (Lipinski definition) is 3. The maximum Gasteiger partial charge on any atom is 0.337 e. The summed E-state index contributed by atoms with van der Waals surface area (Å²) in [5, 5.41) is 14.2. The van der Waals surface area contributed by atoms with Gasteiger partial charge in [-0.15, -0.1) is 11.3 Å². The van der Waals surface area contributed by atoms with Gasteiger partial charge in [-0.2, -0.15) is 0 Å². The third-order valence-electron chi connectivity index (χ3n) is 4.29. The molecule has 1 aromatic heterocycles. The van der Waals surface area contributed by atoms with Gasteiger partial charge in [0.1, 0.15) is 0 Å². The van der Waals surface area contributed by atoms with E-state index in [0.717, 1.165) is 21.2 Å². The van der Waals surface area contributed by atoms with E-state index in [9.17, 15) is 14.7 Å². The van der Waals surface area contributed by atoms with Gasteiger partial charge in [0, 0.05) is 4.88 Å². The number of rotatable bonds is 4. The van der Waals surface area contributed by atoms with Crippen molar-refractivity contribution in [1.29, 1.82) is 0 Å². The number of hydrogen-bond donors (Lipinski definition) is 2. The summed E-state index contributed by atoms with van der Waals surface area (Å²) >= 11 is 1.38. The lowest BCUT2D eigenvalue weighted by Crippen LogP contribution is -2.13. The molecule has 0 fully saturated rings. The number of carbonyl (C=O) groups excluding carboxylic acids is 1. The highest BCUT2D eigenvalue weighted by atomic mass is 32.1. The van der Waals surface area contributed by atoms with Crippen molar-refractivity contribution < 1.29 is 14.7 Å². The Morgan fingerprint density at radius 3 is 2.41 bits per heavy atom. The van der Waals surface area contributed by atoms with E-state index >= 15 is 0 Å². The number of carbonyl (C=O) groups is 2. The average Bonchev–Trinajstić information content (AvgIpc) is 3.18. The molecule has 4 nitrogen and oxygen atoms in total. The molecular weight excluding hydrogens is 358 g/mol. The Bertz CT molecular complexity index is 1160. The summed E-state index contributed by atoms with van der Waals surface area (Å²) in [5.74, 6) is -1.39. The fraction of sp³-hybridized carbons (Fsp3) is 0. The number of thiophene rings is 1. The third kappa shape index (κ3) is 3.32. The highest BCUT2D eigenvalue weighted by Crippen LogP contribution is 2.34. The lowest BCUT2D eigenvalue weighted by Gasteiger charge is -2.07. The molecule has 2 N–H and O–H groups in total. The van der Waals surface area contributed by atoms with Crippen LogP contribution in [-0.2, 0) is 0 Å². The van der Waals surface area contributed by atoms with E-state index in [1.807, 2.05) is 30.3 Å². The molecule has 27 heavy (non-hydrogen) atoms. The number of nitrogens with one attached hydrogen (secondary N) is 1. The van der Waals surface area contributed by atoms with E-state index in [1.54, 1.807) is 24.3 Å². The van der Waals surface area contributed by atoms with Crippen molar-refractivity contribution in [2.24, 2.45) is 0 Å². The normalized spacial score (nSPS) is 10.7. The summed E-state index contributed by atoms with van der Waals surface area (Å²) in [6.07, 6.45) is 0. The molecule has 132 valence electrons. The summed E-state index contributed by atoms with van der Waals surface area (Å²) in [6.45, 7) is 0. The van der Waals surface area contributed by atoms with Gasteiger partial charge in [0.25, 0.3) is 5.91 Å². The second-order valence-electron chi connectivity index (χ2n) is 6.00. The Labute approximate surface area is 159 Å². The van der Waals surface area contributed by atoms with E-state index in [0.29, 0.717) is 4.88 Å². The van der Waals surface area contributed by atoms with E-state index < -0.39 is 5.97 Å². The predicted molar refractivity (Wildman–Crippen MR) is 109 cm³/mol. The molecule has 0 saturated heterocycles. The minimum absolute atomic E-state index is 0.0664. The predicted octanol–water partition coefficient (Wildman–Crippen LogP) is 5.52. The zero-order valence-electron chi connectivity index (χ0n) is 14.2. The van der Waals surface area contributed by atoms with Crippen molar-refractivity contribution in [2.45, 2.75) is 0 Å². The van der Waals surface area contributed by atoms with E-state index in [-0.39, 0.29) is 17.2 Å². The van der Waals surface area contributed by atoms with Crippen LogP contribution in [0.5, 0.6) is 0 Å². The van der Waals surface area contributed by atoms with E-state index in [1.165, 1.54) is 17.4 Å². The number of benzene rings is 3. The van der Waals surface area contributed by atoms with Crippen molar-refractivity contribution in [3.63, 3.8) is 0 Å². The molecule has 0 saturated carbocycles. The third-order valence-corrected chi connectivity index (χ3v) is 5.41. The lowest BCUT2D eigenvalue weighted by molar-refractivity contribution is 0.0698. The second-order valence-corrected chi connectivity index (χ2v) is 7.08. The van der Waals surface area contributed by atoms with Gasteiger partial charge < -0.3 is 10.4 Å². The second kappa shape index (κ2) is 7.05. The van der Waals surface area contributed by atoms with Crippen LogP contribution in [0.1, 0.15) is 20.0 Å². The monoisotopic (exact) mass is 373 g/mol. The van der Waals surface area contributed by atoms with Gasteiger partial charge in [-0.25, -0.2) is 4.79 Å². The number of amides is 1. The highest BCUT2D eigenvalue weighted by Gasteiger charge is 2.15. The van der Waals surface area contributed by atoms with Crippen molar-refractivity contribution >= 4 is 39.7 Å². The first-order chi connectivity index (χ1) is 13.1. The molecule has 0 atom stereocenters. The quantitative estimate of drug-likeness (QED) is 0.495. The van der Waals surface area contributed by atoms with Crippen molar-refractivity contribution in [3.05, 3.63) is 89.3 Å². The zero-order valence-corrected chi connectivity index (χ0v) is 15.0. The van der Waals surface area contributed by atoms with Crippen LogP contribution in [-0.4, -0.2) is 17.0 Å². The summed E-state index contributed by atoms with van der Waals surface area (Å²) < 4.78 is 0. The Kier molecular flexibility index (Phi) is 4.44. The maximum atomic E-state index is 12.6. The van der Waals surface area contributed by atoms with Gasteiger partial charge in [0.2, 0.25) is 0 Å². The van der Waals surface area contributed by atoms with Gasteiger partial charge >= 0.3 is 5.97 Å². The number of para-hydroxylation sites is 1. The molecule has 3 aromatic carbocycles. The molecule has 0 aliphatic carbocycles. The van der Waals surface area contributed by atoms with Crippen LogP contribution in [0.2, 0.25) is 0 Å². The fourth-order valence-electron chi connectivity index (χ4n) is 3.01. The SMILES string of the molecule is O=C(Nc1ccccc1C(=O)O)c1ccc(-c2cccc3ccccc23)s1. The Morgan fingerprint density at radius 1 is 0.815 bits per heavy atom. The topological polar surface area (TPSA) is 66.4 Å². The molecule has 0 radical (unpaired) electrons. The Balaban J connectivity index is 1.65. The summed E-state index contributed by atoms with van der Waals surface area (Å²) in [7, 11) is 0. The highest BCUT2D eigenvalue weighted by molar-refractivity contribution is 7.17. The van der Waals surface area contributed by atoms with Crippen LogP contribution in [0.25, 0.3) is 21.2 Å². The van der Waals surface area contributed by atoms with Crippen LogP contribution in [0.3, 0.4) is 0 Å². The van der Waals surface area contributed by atoms with Crippen LogP contribution in [0, 0.1) is 0 Å². The zero-order chi connectivity index (χ0) is 18.8. The Morgan fingerprint density at radius 2 is 1.56 bits per heavy atom. The van der Waals surface area contributed by atoms with Crippen LogP contribution in [0.4, 0.5) is 5.69 Å². The molecule has 0 aliphatic heterocycles. The largest absolute Gasteiger partial charge is 0.478 e. The molecule has 0 unspecified atom stereocenters. The van der Waals surface area contributed by atoms with Gasteiger partial charge in [-0.05, 0) is 40.6 Å². The van der Waals surface area contributed by atoms with Gasteiger partial charge in [-0.1, -0.05) is 54.6 Å². The lowest BCUT2D eigenvalue weighted by atomic mass is 10.0. The molecule has 0 aliphatic rings. The van der Waals surface area contributed by atoms with Gasteiger partial charge in [0.05, 0.1) is 16.1 Å². The maximum absolute atomic E-state index is 12.6. The van der Waals surface area contributed by atoms with Crippen LogP contribution in [0.15, 0.2) is 78.9 Å². The molecule has 0 spiro atoms. The number of fused-ring (bicyclic) bond motifs is 1. The van der Waals surface area contributed by atoms with Crippen LogP contribution >= 0.6 is 11.3 Å². The first kappa shape index (κ1) is 17.0. The summed E-state index contributed by atoms with van der Waals surface area (Å²) in [6, 6.07) is 24.3. The van der Waals surface area contributed by atoms with Crippen LogP contribution < -0.4 is 5.32 Å². The number of aromatic carboxylic acids is 1. The minimum atomic E-state index is -1.08. The molecule has 0 bridgehead atoms. The Hall–Kier alpha value is -3.44. The van der Waals surface area contributed by atoms with Crippen molar-refractivity contribution in [1.82, 2.24) is 0 Å². The summed E-state index contributed by atoms with van der Waals surface area (Å²) in [5.41, 5.74) is 1.43. The molecule has 4 aromatic rings. The van der Waals surface area contributed by atoms with Gasteiger partial charge in [-0.3, -0.25) is 4.79 Å². The average molecular weight is 373 g/mol. The van der Waals surface area contributed by atoms with Crippen molar-refractivity contribution in [2.75, 3.05) is 5.32 Å². The van der Waals surface area contributed by atoms with E-state index in [2.05, 4.69) is 23.5 Å². The number of anilines is 1. The first-order valence-electron chi connectivity index (χ1n) is 8.35. The smallest absolute Gasteiger partial charge is 0.337 e. The molecule has 4 rings (SSSR count). The van der Waals surface area contributed by atoms with E-state index in [4.69, 9.17) is 0 Å². The first-order valence-corrected chi connectivity index (χ1v) is 9.17. The molecule has 5 heteroatoms. The summed E-state index contributed by atoms with van der Waals surface area (Å²) in [4.78, 5) is 25.4. The standard InChI is InChI=1S/C22H15NO3S/c24-21(23-18-11-4-3-9-17(18)22(25)26)20-13-12-19(27-20)16-10-5-7-14-6-1-2-8-15(14)16/h1-13H,(H,23,24)(H,25,26). The number of carboxylic acids is 1. The van der Waals surface area contributed by atoms with Crippen molar-refractivity contribution in [3.8, 4) is 10.4 Å². The fourth-order valence-corrected chi connectivity index (χ4v) is 3.95. The molecule has 1 heterocycles. The minimum Gasteiger partial charge on any atom is -0.478 e.